The molecule has 2 aromatic carbocycles. The van der Waals surface area contributed by atoms with Crippen LogP contribution in [0.25, 0.3) is 5.69 Å². The van der Waals surface area contributed by atoms with E-state index in [2.05, 4.69) is 20.8 Å². The molecule has 0 fully saturated rings. The monoisotopic (exact) mass is 418 g/mol. The molecule has 8 heteroatoms. The molecule has 160 valence electrons. The van der Waals surface area contributed by atoms with Crippen molar-refractivity contribution in [1.82, 2.24) is 25.1 Å². The Labute approximate surface area is 181 Å². The molecule has 31 heavy (non-hydrogen) atoms. The standard InChI is InChI=1S/C23H26N6O2/c1-15(2)10-22(30)28-13-18-7-5-4-6-17(18)12-21(28)23(31)25-19-8-9-20(16(3)11-19)29-14-24-26-27-29/h4-9,11,14-15,21H,10,12-13H2,1-3H3,(H,25,31). The minimum absolute atomic E-state index is 0.00913. The number of anilines is 1. The van der Waals surface area contributed by atoms with Gasteiger partial charge in [0.1, 0.15) is 12.4 Å². The maximum atomic E-state index is 13.3. The van der Waals surface area contributed by atoms with Gasteiger partial charge < -0.3 is 10.2 Å². The van der Waals surface area contributed by atoms with E-state index in [9.17, 15) is 9.59 Å². The second kappa shape index (κ2) is 8.67. The zero-order chi connectivity index (χ0) is 22.0. The van der Waals surface area contributed by atoms with Gasteiger partial charge in [-0.05, 0) is 58.2 Å². The van der Waals surface area contributed by atoms with Crippen LogP contribution >= 0.6 is 0 Å². The van der Waals surface area contributed by atoms with E-state index in [4.69, 9.17) is 0 Å². The Hall–Kier alpha value is -3.55. The molecule has 3 aromatic rings. The third-order valence-electron chi connectivity index (χ3n) is 5.51. The number of tetrazole rings is 1. The topological polar surface area (TPSA) is 93.0 Å². The Morgan fingerprint density at radius 1 is 1.16 bits per heavy atom. The number of aryl methyl sites for hydroxylation is 1. The van der Waals surface area contributed by atoms with E-state index in [0.29, 0.717) is 25.1 Å². The van der Waals surface area contributed by atoms with Gasteiger partial charge in [-0.3, -0.25) is 9.59 Å². The quantitative estimate of drug-likeness (QED) is 0.688. The van der Waals surface area contributed by atoms with Crippen molar-refractivity contribution in [2.45, 2.75) is 46.2 Å². The van der Waals surface area contributed by atoms with Gasteiger partial charge >= 0.3 is 0 Å². The SMILES string of the molecule is Cc1cc(NC(=O)C2Cc3ccccc3CN2C(=O)CC(C)C)ccc1-n1cnnn1. The van der Waals surface area contributed by atoms with Crippen molar-refractivity contribution in [3.63, 3.8) is 0 Å². The number of carbonyl (C=O) groups is 2. The lowest BCUT2D eigenvalue weighted by Gasteiger charge is -2.36. The zero-order valence-corrected chi connectivity index (χ0v) is 17.9. The fraction of sp³-hybridized carbons (Fsp3) is 0.348. The van der Waals surface area contributed by atoms with Crippen LogP contribution in [0.3, 0.4) is 0 Å². The van der Waals surface area contributed by atoms with Crippen molar-refractivity contribution in [2.24, 2.45) is 5.92 Å². The first-order chi connectivity index (χ1) is 14.9. The van der Waals surface area contributed by atoms with Crippen molar-refractivity contribution in [2.75, 3.05) is 5.32 Å². The number of hydrogen-bond donors (Lipinski definition) is 1. The number of amides is 2. The van der Waals surface area contributed by atoms with Gasteiger partial charge in [0.05, 0.1) is 5.69 Å². The summed E-state index contributed by atoms with van der Waals surface area (Å²) in [5.74, 6) is 0.0610. The Kier molecular flexibility index (Phi) is 5.79. The summed E-state index contributed by atoms with van der Waals surface area (Å²) in [6.45, 7) is 6.42. The Morgan fingerprint density at radius 2 is 1.94 bits per heavy atom. The fourth-order valence-electron chi connectivity index (χ4n) is 3.97. The lowest BCUT2D eigenvalue weighted by molar-refractivity contribution is -0.140. The molecular weight excluding hydrogens is 392 g/mol. The molecule has 0 radical (unpaired) electrons. The van der Waals surface area contributed by atoms with Crippen molar-refractivity contribution >= 4 is 17.5 Å². The number of carbonyl (C=O) groups excluding carboxylic acids is 2. The van der Waals surface area contributed by atoms with Crippen molar-refractivity contribution < 1.29 is 9.59 Å². The third-order valence-corrected chi connectivity index (χ3v) is 5.51. The van der Waals surface area contributed by atoms with E-state index in [1.54, 1.807) is 9.58 Å². The predicted molar refractivity (Wildman–Crippen MR) is 116 cm³/mol. The number of fused-ring (bicyclic) bond motifs is 1. The van der Waals surface area contributed by atoms with E-state index in [1.165, 1.54) is 6.33 Å². The van der Waals surface area contributed by atoms with Crippen molar-refractivity contribution in [3.8, 4) is 5.69 Å². The zero-order valence-electron chi connectivity index (χ0n) is 17.9. The smallest absolute Gasteiger partial charge is 0.247 e. The highest BCUT2D eigenvalue weighted by molar-refractivity contribution is 5.98. The Morgan fingerprint density at radius 3 is 2.61 bits per heavy atom. The van der Waals surface area contributed by atoms with E-state index in [-0.39, 0.29) is 17.7 Å². The maximum Gasteiger partial charge on any atom is 0.247 e. The van der Waals surface area contributed by atoms with Gasteiger partial charge in [0, 0.05) is 25.1 Å². The summed E-state index contributed by atoms with van der Waals surface area (Å²) < 4.78 is 1.57. The molecule has 0 saturated carbocycles. The lowest BCUT2D eigenvalue weighted by atomic mass is 9.92. The summed E-state index contributed by atoms with van der Waals surface area (Å²) in [6, 6.07) is 13.0. The molecule has 1 aromatic heterocycles. The van der Waals surface area contributed by atoms with Gasteiger partial charge in [-0.1, -0.05) is 38.1 Å². The average molecular weight is 419 g/mol. The summed E-state index contributed by atoms with van der Waals surface area (Å²) >= 11 is 0. The van der Waals surface area contributed by atoms with Gasteiger partial charge in [0.2, 0.25) is 11.8 Å². The number of benzene rings is 2. The van der Waals surface area contributed by atoms with Gasteiger partial charge in [0.25, 0.3) is 0 Å². The molecule has 0 saturated heterocycles. The number of hydrogen-bond acceptors (Lipinski definition) is 5. The Balaban J connectivity index is 1.56. The van der Waals surface area contributed by atoms with Gasteiger partial charge in [-0.25, -0.2) is 4.68 Å². The van der Waals surface area contributed by atoms with Gasteiger partial charge in [-0.15, -0.1) is 5.10 Å². The summed E-state index contributed by atoms with van der Waals surface area (Å²) in [6.07, 6.45) is 2.46. The molecule has 1 unspecified atom stereocenters. The van der Waals surface area contributed by atoms with E-state index >= 15 is 0 Å². The molecular formula is C23H26N6O2. The molecule has 1 aliphatic heterocycles. The molecule has 2 heterocycles. The lowest BCUT2D eigenvalue weighted by Crippen LogP contribution is -2.50. The summed E-state index contributed by atoms with van der Waals surface area (Å²) in [5.41, 5.74) is 4.65. The molecule has 1 aliphatic rings. The number of nitrogens with one attached hydrogen (secondary N) is 1. The van der Waals surface area contributed by atoms with Crippen LogP contribution in [-0.4, -0.2) is 43.0 Å². The second-order valence-corrected chi connectivity index (χ2v) is 8.35. The molecule has 2 amide bonds. The molecule has 4 rings (SSSR count). The first-order valence-electron chi connectivity index (χ1n) is 10.4. The average Bonchev–Trinajstić information content (AvgIpc) is 3.27. The van der Waals surface area contributed by atoms with Crippen LogP contribution in [0.15, 0.2) is 48.8 Å². The predicted octanol–water partition coefficient (Wildman–Crippen LogP) is 2.91. The van der Waals surface area contributed by atoms with E-state index in [1.807, 2.05) is 63.2 Å². The number of nitrogens with zero attached hydrogens (tertiary/aromatic N) is 5. The minimum atomic E-state index is -0.541. The molecule has 0 bridgehead atoms. The first kappa shape index (κ1) is 20.7. The highest BCUT2D eigenvalue weighted by Crippen LogP contribution is 2.26. The van der Waals surface area contributed by atoms with Crippen LogP contribution < -0.4 is 5.32 Å². The third kappa shape index (κ3) is 4.47. The molecule has 0 spiro atoms. The first-order valence-corrected chi connectivity index (χ1v) is 10.4. The fourth-order valence-corrected chi connectivity index (χ4v) is 3.97. The normalized spacial score (nSPS) is 15.6. The van der Waals surface area contributed by atoms with E-state index < -0.39 is 6.04 Å². The van der Waals surface area contributed by atoms with Crippen LogP contribution in [0.5, 0.6) is 0 Å². The molecule has 1 atom stereocenters. The van der Waals surface area contributed by atoms with Gasteiger partial charge in [0.15, 0.2) is 0 Å². The largest absolute Gasteiger partial charge is 0.326 e. The minimum Gasteiger partial charge on any atom is -0.326 e. The van der Waals surface area contributed by atoms with Crippen LogP contribution in [0.2, 0.25) is 0 Å². The summed E-state index contributed by atoms with van der Waals surface area (Å²) in [4.78, 5) is 27.9. The molecule has 0 aliphatic carbocycles. The Bertz CT molecular complexity index is 1090. The van der Waals surface area contributed by atoms with Crippen LogP contribution in [0, 0.1) is 12.8 Å². The van der Waals surface area contributed by atoms with Crippen LogP contribution in [0.1, 0.15) is 37.0 Å². The van der Waals surface area contributed by atoms with Crippen molar-refractivity contribution in [3.05, 3.63) is 65.5 Å². The number of aromatic nitrogens is 4. The molecule has 8 nitrogen and oxygen atoms in total. The molecule has 1 N–H and O–H groups in total. The number of rotatable bonds is 5. The highest BCUT2D eigenvalue weighted by atomic mass is 16.2. The van der Waals surface area contributed by atoms with Crippen molar-refractivity contribution in [1.29, 1.82) is 0 Å². The van der Waals surface area contributed by atoms with Crippen LogP contribution in [0.4, 0.5) is 5.69 Å². The summed E-state index contributed by atoms with van der Waals surface area (Å²) in [7, 11) is 0. The van der Waals surface area contributed by atoms with Gasteiger partial charge in [-0.2, -0.15) is 0 Å². The van der Waals surface area contributed by atoms with E-state index in [0.717, 1.165) is 22.4 Å². The van der Waals surface area contributed by atoms with Crippen LogP contribution in [-0.2, 0) is 22.6 Å². The summed E-state index contributed by atoms with van der Waals surface area (Å²) in [5, 5.41) is 14.2. The second-order valence-electron chi connectivity index (χ2n) is 8.35. The highest BCUT2D eigenvalue weighted by Gasteiger charge is 2.34. The maximum absolute atomic E-state index is 13.3.